The molecule has 0 atom stereocenters. The number of nitrogens with zero attached hydrogens (tertiary/aromatic N) is 2. The zero-order chi connectivity index (χ0) is 13.7. The normalized spacial score (nSPS) is 16.0. The van der Waals surface area contributed by atoms with Gasteiger partial charge in [-0.25, -0.2) is 0 Å². The standard InChI is InChI=1S/C14H18N2O2S/c1-15-6-8-16(9-7-15)14(18)13-12(5-11-19-13)4-2-3-10-17/h5,11,17H,3,6-10H2,1H3. The third kappa shape index (κ3) is 3.57. The highest BCUT2D eigenvalue weighted by atomic mass is 32.1. The summed E-state index contributed by atoms with van der Waals surface area (Å²) in [4.78, 5) is 17.3. The molecule has 5 heteroatoms. The minimum Gasteiger partial charge on any atom is -0.395 e. The average Bonchev–Trinajstić information content (AvgIpc) is 2.87. The van der Waals surface area contributed by atoms with Crippen molar-refractivity contribution >= 4 is 17.2 Å². The molecule has 2 heterocycles. The second kappa shape index (κ2) is 6.71. The molecule has 0 radical (unpaired) electrons. The third-order valence-corrected chi connectivity index (χ3v) is 4.01. The number of aliphatic hydroxyl groups is 1. The summed E-state index contributed by atoms with van der Waals surface area (Å²) in [5.41, 5.74) is 0.780. The predicted octanol–water partition coefficient (Wildman–Crippen LogP) is 0.870. The number of rotatable bonds is 2. The molecule has 1 fully saturated rings. The van der Waals surface area contributed by atoms with Crippen molar-refractivity contribution in [3.63, 3.8) is 0 Å². The molecule has 0 bridgehead atoms. The largest absolute Gasteiger partial charge is 0.395 e. The van der Waals surface area contributed by atoms with E-state index in [9.17, 15) is 4.79 Å². The first kappa shape index (κ1) is 14.1. The Morgan fingerprint density at radius 1 is 1.42 bits per heavy atom. The maximum absolute atomic E-state index is 12.4. The van der Waals surface area contributed by atoms with E-state index in [1.54, 1.807) is 0 Å². The van der Waals surface area contributed by atoms with Crippen LogP contribution in [0.15, 0.2) is 11.4 Å². The van der Waals surface area contributed by atoms with Gasteiger partial charge < -0.3 is 14.9 Å². The Balaban J connectivity index is 2.08. The number of carbonyl (C=O) groups is 1. The first-order valence-electron chi connectivity index (χ1n) is 6.37. The summed E-state index contributed by atoms with van der Waals surface area (Å²) in [6.07, 6.45) is 0.442. The summed E-state index contributed by atoms with van der Waals surface area (Å²) in [6, 6.07) is 1.87. The maximum Gasteiger partial charge on any atom is 0.265 e. The Labute approximate surface area is 117 Å². The molecule has 4 nitrogen and oxygen atoms in total. The highest BCUT2D eigenvalue weighted by Crippen LogP contribution is 2.19. The fourth-order valence-electron chi connectivity index (χ4n) is 1.94. The van der Waals surface area contributed by atoms with E-state index in [1.165, 1.54) is 11.3 Å². The van der Waals surface area contributed by atoms with E-state index in [1.807, 2.05) is 16.3 Å². The summed E-state index contributed by atoms with van der Waals surface area (Å²) < 4.78 is 0. The van der Waals surface area contributed by atoms with E-state index in [2.05, 4.69) is 23.8 Å². The monoisotopic (exact) mass is 278 g/mol. The molecule has 0 unspecified atom stereocenters. The number of carbonyl (C=O) groups excluding carboxylic acids is 1. The quantitative estimate of drug-likeness (QED) is 0.816. The Bertz CT molecular complexity index is 493. The van der Waals surface area contributed by atoms with Gasteiger partial charge in [-0.3, -0.25) is 4.79 Å². The van der Waals surface area contributed by atoms with E-state index < -0.39 is 0 Å². The topological polar surface area (TPSA) is 43.8 Å². The van der Waals surface area contributed by atoms with Crippen molar-refractivity contribution in [2.24, 2.45) is 0 Å². The minimum atomic E-state index is 0.0544. The van der Waals surface area contributed by atoms with Crippen molar-refractivity contribution < 1.29 is 9.90 Å². The SMILES string of the molecule is CN1CCN(C(=O)c2sccc2C#CCCO)CC1. The Hall–Kier alpha value is -1.35. The molecule has 1 amide bonds. The van der Waals surface area contributed by atoms with Gasteiger partial charge in [-0.1, -0.05) is 11.8 Å². The predicted molar refractivity (Wildman–Crippen MR) is 76.3 cm³/mol. The van der Waals surface area contributed by atoms with E-state index in [4.69, 9.17) is 5.11 Å². The maximum atomic E-state index is 12.4. The summed E-state index contributed by atoms with van der Waals surface area (Å²) >= 11 is 1.44. The third-order valence-electron chi connectivity index (χ3n) is 3.11. The van der Waals surface area contributed by atoms with Crippen LogP contribution < -0.4 is 0 Å². The molecule has 1 saturated heterocycles. The van der Waals surface area contributed by atoms with Gasteiger partial charge in [0.25, 0.3) is 5.91 Å². The van der Waals surface area contributed by atoms with E-state index >= 15 is 0 Å². The molecule has 1 aromatic rings. The number of hydrogen-bond acceptors (Lipinski definition) is 4. The second-order valence-corrected chi connectivity index (χ2v) is 5.45. The van der Waals surface area contributed by atoms with Crippen LogP contribution in [0.5, 0.6) is 0 Å². The number of piperazine rings is 1. The smallest absolute Gasteiger partial charge is 0.265 e. The molecular formula is C14H18N2O2S. The van der Waals surface area contributed by atoms with E-state index in [-0.39, 0.29) is 12.5 Å². The molecule has 0 aliphatic carbocycles. The fourth-order valence-corrected chi connectivity index (χ4v) is 2.76. The van der Waals surface area contributed by atoms with Crippen LogP contribution in [0.1, 0.15) is 21.7 Å². The number of thiophene rings is 1. The van der Waals surface area contributed by atoms with Gasteiger partial charge >= 0.3 is 0 Å². The summed E-state index contributed by atoms with van der Waals surface area (Å²) in [5, 5.41) is 10.6. The van der Waals surface area contributed by atoms with Gasteiger partial charge in [0.1, 0.15) is 4.88 Å². The summed E-state index contributed by atoms with van der Waals surface area (Å²) in [7, 11) is 2.07. The number of amides is 1. The zero-order valence-corrected chi connectivity index (χ0v) is 11.9. The second-order valence-electron chi connectivity index (χ2n) is 4.53. The van der Waals surface area contributed by atoms with Crippen LogP contribution in [0.25, 0.3) is 0 Å². The van der Waals surface area contributed by atoms with Crippen LogP contribution in [-0.4, -0.2) is 60.6 Å². The van der Waals surface area contributed by atoms with E-state index in [0.717, 1.165) is 36.6 Å². The first-order valence-corrected chi connectivity index (χ1v) is 7.25. The number of likely N-dealkylation sites (N-methyl/N-ethyl adjacent to an activating group) is 1. The van der Waals surface area contributed by atoms with Gasteiger partial charge in [0, 0.05) is 38.2 Å². The van der Waals surface area contributed by atoms with Gasteiger partial charge in [0.2, 0.25) is 0 Å². The van der Waals surface area contributed by atoms with Gasteiger partial charge in [-0.05, 0) is 18.5 Å². The van der Waals surface area contributed by atoms with Crippen LogP contribution in [0.4, 0.5) is 0 Å². The van der Waals surface area contributed by atoms with Crippen LogP contribution in [-0.2, 0) is 0 Å². The highest BCUT2D eigenvalue weighted by molar-refractivity contribution is 7.12. The first-order chi connectivity index (χ1) is 9.22. The molecule has 102 valence electrons. The molecule has 2 rings (SSSR count). The Morgan fingerprint density at radius 2 is 2.16 bits per heavy atom. The molecule has 0 spiro atoms. The fraction of sp³-hybridized carbons (Fsp3) is 0.500. The van der Waals surface area contributed by atoms with Crippen molar-refractivity contribution in [1.29, 1.82) is 0 Å². The van der Waals surface area contributed by atoms with Crippen LogP contribution in [0.2, 0.25) is 0 Å². The highest BCUT2D eigenvalue weighted by Gasteiger charge is 2.22. The molecule has 1 aliphatic heterocycles. The van der Waals surface area contributed by atoms with Crippen LogP contribution >= 0.6 is 11.3 Å². The van der Waals surface area contributed by atoms with Crippen molar-refractivity contribution in [2.45, 2.75) is 6.42 Å². The molecule has 1 aromatic heterocycles. The van der Waals surface area contributed by atoms with Gasteiger partial charge in [-0.2, -0.15) is 0 Å². The minimum absolute atomic E-state index is 0.0544. The molecule has 0 saturated carbocycles. The Morgan fingerprint density at radius 3 is 2.84 bits per heavy atom. The molecule has 0 aromatic carbocycles. The molecular weight excluding hydrogens is 260 g/mol. The Kier molecular flexibility index (Phi) is 4.97. The van der Waals surface area contributed by atoms with Gasteiger partial charge in [0.05, 0.1) is 6.61 Å². The summed E-state index contributed by atoms with van der Waals surface area (Å²) in [5.74, 6) is 5.92. The zero-order valence-electron chi connectivity index (χ0n) is 11.1. The average molecular weight is 278 g/mol. The lowest BCUT2D eigenvalue weighted by molar-refractivity contribution is 0.0669. The van der Waals surface area contributed by atoms with Crippen molar-refractivity contribution in [2.75, 3.05) is 39.8 Å². The van der Waals surface area contributed by atoms with E-state index in [0.29, 0.717) is 6.42 Å². The number of aliphatic hydroxyl groups excluding tert-OH is 1. The molecule has 19 heavy (non-hydrogen) atoms. The lowest BCUT2D eigenvalue weighted by atomic mass is 10.2. The number of hydrogen-bond donors (Lipinski definition) is 1. The summed E-state index contributed by atoms with van der Waals surface area (Å²) in [6.45, 7) is 3.44. The van der Waals surface area contributed by atoms with Crippen molar-refractivity contribution in [1.82, 2.24) is 9.80 Å². The van der Waals surface area contributed by atoms with Crippen LogP contribution in [0.3, 0.4) is 0 Å². The van der Waals surface area contributed by atoms with Crippen molar-refractivity contribution in [3.05, 3.63) is 21.9 Å². The van der Waals surface area contributed by atoms with Crippen molar-refractivity contribution in [3.8, 4) is 11.8 Å². The van der Waals surface area contributed by atoms with Crippen LogP contribution in [0, 0.1) is 11.8 Å². The van der Waals surface area contributed by atoms with Gasteiger partial charge in [0.15, 0.2) is 0 Å². The lowest BCUT2D eigenvalue weighted by Gasteiger charge is -2.32. The lowest BCUT2D eigenvalue weighted by Crippen LogP contribution is -2.47. The molecule has 1 aliphatic rings. The molecule has 1 N–H and O–H groups in total. The van der Waals surface area contributed by atoms with Gasteiger partial charge in [-0.15, -0.1) is 11.3 Å².